The van der Waals surface area contributed by atoms with Gasteiger partial charge in [-0.05, 0) is 35.9 Å². The van der Waals surface area contributed by atoms with Crippen LogP contribution in [-0.4, -0.2) is 22.3 Å². The van der Waals surface area contributed by atoms with Crippen LogP contribution in [0.3, 0.4) is 0 Å². The minimum atomic E-state index is -0.634. The van der Waals surface area contributed by atoms with E-state index in [4.69, 9.17) is 4.52 Å². The highest BCUT2D eigenvalue weighted by Crippen LogP contribution is 2.15. The molecule has 0 atom stereocenters. The summed E-state index contributed by atoms with van der Waals surface area (Å²) in [6.45, 7) is 0. The van der Waals surface area contributed by atoms with Crippen LogP contribution in [0.25, 0.3) is 17.5 Å². The lowest BCUT2D eigenvalue weighted by molar-refractivity contribution is 0.0911. The van der Waals surface area contributed by atoms with Gasteiger partial charge in [0.2, 0.25) is 5.82 Å². The molecule has 1 N–H and O–H groups in total. The predicted molar refractivity (Wildman–Crippen MR) is 91.1 cm³/mol. The molecule has 6 nitrogen and oxygen atoms in total. The predicted octanol–water partition coefficient (Wildman–Crippen LogP) is 3.30. The number of hydrazone groups is 1. The third-order valence-corrected chi connectivity index (χ3v) is 3.14. The van der Waals surface area contributed by atoms with E-state index in [0.29, 0.717) is 5.56 Å². The number of aromatic nitrogens is 2. The standard InChI is InChI=1S/C18H13FN4O2/c19-15-10-8-14(9-11-15)16-21-18(25-23-16)17(24)22-20-12-4-7-13-5-2-1-3-6-13/h1-12H,(H,22,24)/b7-4+,20-12+. The summed E-state index contributed by atoms with van der Waals surface area (Å²) in [5, 5.41) is 7.45. The fourth-order valence-corrected chi connectivity index (χ4v) is 1.94. The van der Waals surface area contributed by atoms with Gasteiger partial charge in [0.1, 0.15) is 5.82 Å². The molecule has 0 aliphatic heterocycles. The third kappa shape index (κ3) is 4.44. The number of carbonyl (C=O) groups is 1. The molecular formula is C18H13FN4O2. The lowest BCUT2D eigenvalue weighted by Crippen LogP contribution is -2.17. The molecule has 7 heteroatoms. The van der Waals surface area contributed by atoms with Gasteiger partial charge in [-0.25, -0.2) is 9.82 Å². The number of nitrogens with zero attached hydrogens (tertiary/aromatic N) is 3. The zero-order chi connectivity index (χ0) is 17.5. The average Bonchev–Trinajstić information content (AvgIpc) is 3.13. The Bertz CT molecular complexity index is 902. The minimum Gasteiger partial charge on any atom is -0.328 e. The zero-order valence-corrected chi connectivity index (χ0v) is 13.0. The molecule has 0 unspecified atom stereocenters. The molecular weight excluding hydrogens is 323 g/mol. The summed E-state index contributed by atoms with van der Waals surface area (Å²) in [4.78, 5) is 15.8. The van der Waals surface area contributed by atoms with E-state index in [9.17, 15) is 9.18 Å². The van der Waals surface area contributed by atoms with Crippen LogP contribution in [-0.2, 0) is 0 Å². The highest BCUT2D eigenvalue weighted by Gasteiger charge is 2.15. The van der Waals surface area contributed by atoms with E-state index in [1.165, 1.54) is 30.5 Å². The van der Waals surface area contributed by atoms with E-state index in [1.807, 2.05) is 36.4 Å². The molecule has 0 bridgehead atoms. The van der Waals surface area contributed by atoms with E-state index in [0.717, 1.165) is 5.56 Å². The second-order valence-electron chi connectivity index (χ2n) is 4.92. The first-order valence-electron chi connectivity index (χ1n) is 7.37. The quantitative estimate of drug-likeness (QED) is 0.572. The number of hydrogen-bond acceptors (Lipinski definition) is 5. The maximum absolute atomic E-state index is 12.9. The first-order valence-corrected chi connectivity index (χ1v) is 7.37. The molecule has 2 aromatic carbocycles. The topological polar surface area (TPSA) is 80.4 Å². The fourth-order valence-electron chi connectivity index (χ4n) is 1.94. The molecule has 0 spiro atoms. The maximum Gasteiger partial charge on any atom is 0.329 e. The number of hydrogen-bond donors (Lipinski definition) is 1. The van der Waals surface area contributed by atoms with Crippen LogP contribution in [0.15, 0.2) is 70.3 Å². The Morgan fingerprint density at radius 1 is 1.12 bits per heavy atom. The molecule has 3 aromatic rings. The largest absolute Gasteiger partial charge is 0.329 e. The lowest BCUT2D eigenvalue weighted by atomic mass is 10.2. The van der Waals surface area contributed by atoms with Crippen molar-refractivity contribution in [1.29, 1.82) is 0 Å². The van der Waals surface area contributed by atoms with Gasteiger partial charge in [-0.15, -0.1) is 0 Å². The molecule has 124 valence electrons. The SMILES string of the molecule is O=C(N/N=C/C=C/c1ccccc1)c1nc(-c2ccc(F)cc2)no1. The van der Waals surface area contributed by atoms with Crippen molar-refractivity contribution in [2.24, 2.45) is 5.10 Å². The Labute approximate surface area is 142 Å². The number of benzene rings is 2. The summed E-state index contributed by atoms with van der Waals surface area (Å²) in [5.41, 5.74) is 3.84. The van der Waals surface area contributed by atoms with Crippen LogP contribution in [0, 0.1) is 5.82 Å². The van der Waals surface area contributed by atoms with Gasteiger partial charge in [0.25, 0.3) is 0 Å². The fraction of sp³-hybridized carbons (Fsp3) is 0. The lowest BCUT2D eigenvalue weighted by Gasteiger charge is -1.93. The average molecular weight is 336 g/mol. The number of amides is 1. The number of carbonyl (C=O) groups excluding carboxylic acids is 1. The summed E-state index contributed by atoms with van der Waals surface area (Å²) in [5.74, 6) is -1.05. The van der Waals surface area contributed by atoms with Crippen LogP contribution in [0.1, 0.15) is 16.2 Å². The molecule has 0 saturated carbocycles. The van der Waals surface area contributed by atoms with Crippen molar-refractivity contribution in [2.45, 2.75) is 0 Å². The van der Waals surface area contributed by atoms with Crippen LogP contribution >= 0.6 is 0 Å². The van der Waals surface area contributed by atoms with Gasteiger partial charge in [-0.1, -0.05) is 41.6 Å². The Morgan fingerprint density at radius 2 is 1.88 bits per heavy atom. The zero-order valence-electron chi connectivity index (χ0n) is 13.0. The highest BCUT2D eigenvalue weighted by atomic mass is 19.1. The molecule has 0 saturated heterocycles. The van der Waals surface area contributed by atoms with Crippen molar-refractivity contribution in [3.8, 4) is 11.4 Å². The van der Waals surface area contributed by atoms with Gasteiger partial charge in [0.05, 0.1) is 0 Å². The minimum absolute atomic E-state index is 0.193. The van der Waals surface area contributed by atoms with Crippen LogP contribution in [0.4, 0.5) is 4.39 Å². The Morgan fingerprint density at radius 3 is 2.64 bits per heavy atom. The van der Waals surface area contributed by atoms with E-state index in [1.54, 1.807) is 6.08 Å². The highest BCUT2D eigenvalue weighted by molar-refractivity contribution is 5.90. The molecule has 1 aromatic heterocycles. The first kappa shape index (κ1) is 16.3. The summed E-state index contributed by atoms with van der Waals surface area (Å²) in [7, 11) is 0. The van der Waals surface area contributed by atoms with Crippen molar-refractivity contribution in [1.82, 2.24) is 15.6 Å². The second kappa shape index (κ2) is 7.78. The van der Waals surface area contributed by atoms with E-state index in [2.05, 4.69) is 20.7 Å². The molecule has 1 heterocycles. The first-order chi connectivity index (χ1) is 12.2. The molecule has 0 aliphatic rings. The molecule has 1 amide bonds. The second-order valence-corrected chi connectivity index (χ2v) is 4.92. The Balaban J connectivity index is 1.57. The van der Waals surface area contributed by atoms with Gasteiger partial charge in [-0.3, -0.25) is 4.79 Å². The summed E-state index contributed by atoms with van der Waals surface area (Å²) >= 11 is 0. The normalized spacial score (nSPS) is 11.2. The van der Waals surface area contributed by atoms with Crippen molar-refractivity contribution in [3.63, 3.8) is 0 Å². The number of rotatable bonds is 5. The van der Waals surface area contributed by atoms with E-state index >= 15 is 0 Å². The van der Waals surface area contributed by atoms with Crippen molar-refractivity contribution in [2.75, 3.05) is 0 Å². The summed E-state index contributed by atoms with van der Waals surface area (Å²) in [6.07, 6.45) is 4.96. The van der Waals surface area contributed by atoms with Crippen LogP contribution < -0.4 is 5.43 Å². The van der Waals surface area contributed by atoms with Gasteiger partial charge in [0.15, 0.2) is 0 Å². The van der Waals surface area contributed by atoms with Gasteiger partial charge < -0.3 is 4.52 Å². The molecule has 0 fully saturated rings. The number of allylic oxidation sites excluding steroid dienone is 1. The van der Waals surface area contributed by atoms with Crippen molar-refractivity contribution in [3.05, 3.63) is 77.9 Å². The number of nitrogens with one attached hydrogen (secondary N) is 1. The van der Waals surface area contributed by atoms with Crippen molar-refractivity contribution >= 4 is 18.2 Å². The Kier molecular flexibility index (Phi) is 5.06. The summed E-state index contributed by atoms with van der Waals surface area (Å²) < 4.78 is 17.8. The van der Waals surface area contributed by atoms with Crippen LogP contribution in [0.2, 0.25) is 0 Å². The van der Waals surface area contributed by atoms with Gasteiger partial charge in [0, 0.05) is 11.8 Å². The van der Waals surface area contributed by atoms with E-state index in [-0.39, 0.29) is 17.5 Å². The summed E-state index contributed by atoms with van der Waals surface area (Å²) in [6, 6.07) is 15.2. The number of halogens is 1. The maximum atomic E-state index is 12.9. The smallest absolute Gasteiger partial charge is 0.328 e. The van der Waals surface area contributed by atoms with Gasteiger partial charge >= 0.3 is 11.8 Å². The van der Waals surface area contributed by atoms with Crippen LogP contribution in [0.5, 0.6) is 0 Å². The Hall–Kier alpha value is -3.61. The van der Waals surface area contributed by atoms with E-state index < -0.39 is 5.91 Å². The third-order valence-electron chi connectivity index (χ3n) is 3.14. The molecule has 0 radical (unpaired) electrons. The van der Waals surface area contributed by atoms with Gasteiger partial charge in [-0.2, -0.15) is 10.1 Å². The molecule has 0 aliphatic carbocycles. The van der Waals surface area contributed by atoms with Crippen molar-refractivity contribution < 1.29 is 13.7 Å². The monoisotopic (exact) mass is 336 g/mol. The molecule has 3 rings (SSSR count). The molecule has 25 heavy (non-hydrogen) atoms.